The van der Waals surface area contributed by atoms with Crippen LogP contribution in [-0.2, 0) is 14.3 Å². The number of allylic oxidation sites excluding steroid dienone is 2. The van der Waals surface area contributed by atoms with E-state index in [1.807, 2.05) is 13.8 Å². The topological polar surface area (TPSA) is 124 Å². The van der Waals surface area contributed by atoms with E-state index < -0.39 is 58.0 Å². The molecule has 2 fully saturated rings. The molecule has 2 bridgehead atoms. The van der Waals surface area contributed by atoms with Crippen LogP contribution in [0.25, 0.3) is 0 Å². The molecule has 4 rings (SSSR count). The van der Waals surface area contributed by atoms with Crippen LogP contribution in [0.5, 0.6) is 0 Å². The Balaban J connectivity index is 1.87. The van der Waals surface area contributed by atoms with Crippen LogP contribution < -0.4 is 0 Å². The summed E-state index contributed by atoms with van der Waals surface area (Å²) in [4.78, 5) is 26.3. The molecule has 8 atom stereocenters. The second kappa shape index (κ2) is 6.86. The average Bonchev–Trinajstić information content (AvgIpc) is 3.11. The SMILES string of the molecule is C/C=C(/C)C(=O)OCC1=CC2C(=O)[C@]3(C=C(C)C(O)C3(O)C1O)[C@H](C)C[C@]1(O)[C@@H]2C1(C)C. The second-order valence-electron chi connectivity index (χ2n) is 10.8. The number of ether oxygens (including phenoxy) is 1. The molecule has 0 aromatic rings. The van der Waals surface area contributed by atoms with Crippen LogP contribution in [0.1, 0.15) is 48.0 Å². The first-order valence-electron chi connectivity index (χ1n) is 11.3. The van der Waals surface area contributed by atoms with Gasteiger partial charge < -0.3 is 25.2 Å². The molecule has 2 saturated carbocycles. The van der Waals surface area contributed by atoms with Gasteiger partial charge in [-0.1, -0.05) is 39.0 Å². The highest BCUT2D eigenvalue weighted by Gasteiger charge is 2.81. The standard InChI is InChI=1S/C25H34O7/c1-7-12(2)21(29)32-11-15-8-16-17-22(5,6)24(17,30)10-14(4)23(20(16)28)9-13(3)18(26)25(23,31)19(15)27/h7-9,14,16-19,26-27,30-31H,10-11H2,1-6H3/b12-7-/t14-,16?,17+,18?,19?,23+,24+,25?/m1/s1. The average molecular weight is 447 g/mol. The fourth-order valence-corrected chi connectivity index (χ4v) is 6.90. The number of ketones is 1. The lowest BCUT2D eigenvalue weighted by Gasteiger charge is -2.48. The Labute approximate surface area is 188 Å². The molecule has 4 aliphatic carbocycles. The van der Waals surface area contributed by atoms with Crippen molar-refractivity contribution >= 4 is 11.8 Å². The fraction of sp³-hybridized carbons (Fsp3) is 0.680. The van der Waals surface area contributed by atoms with Crippen molar-refractivity contribution in [1.82, 2.24) is 0 Å². The summed E-state index contributed by atoms with van der Waals surface area (Å²) in [6.45, 7) is 10.2. The number of carbonyl (C=O) groups is 2. The van der Waals surface area contributed by atoms with Gasteiger partial charge in [0.05, 0.1) is 11.0 Å². The highest BCUT2D eigenvalue weighted by molar-refractivity contribution is 5.95. The number of carbonyl (C=O) groups excluding carboxylic acids is 2. The Kier molecular flexibility index (Phi) is 5.00. The van der Waals surface area contributed by atoms with Crippen molar-refractivity contribution in [3.63, 3.8) is 0 Å². The molecular formula is C25H34O7. The number of hydrogen-bond donors (Lipinski definition) is 4. The highest BCUT2D eigenvalue weighted by atomic mass is 16.5. The van der Waals surface area contributed by atoms with E-state index >= 15 is 0 Å². The molecule has 0 saturated heterocycles. The van der Waals surface area contributed by atoms with Crippen molar-refractivity contribution in [1.29, 1.82) is 0 Å². The van der Waals surface area contributed by atoms with Crippen LogP contribution in [-0.4, -0.2) is 62.2 Å². The molecule has 1 spiro atoms. The van der Waals surface area contributed by atoms with Crippen LogP contribution in [0.15, 0.2) is 34.9 Å². The first-order valence-corrected chi connectivity index (χ1v) is 11.3. The number of Topliss-reactive ketones (excluding diaryl/α,β-unsaturated/α-hetero) is 1. The van der Waals surface area contributed by atoms with Crippen LogP contribution in [0.4, 0.5) is 0 Å². The molecular weight excluding hydrogens is 412 g/mol. The van der Waals surface area contributed by atoms with Crippen molar-refractivity contribution in [3.8, 4) is 0 Å². The van der Waals surface area contributed by atoms with Gasteiger partial charge in [0.25, 0.3) is 0 Å². The molecule has 0 heterocycles. The van der Waals surface area contributed by atoms with Crippen LogP contribution >= 0.6 is 0 Å². The second-order valence-corrected chi connectivity index (χ2v) is 10.8. The van der Waals surface area contributed by atoms with E-state index in [4.69, 9.17) is 4.74 Å². The summed E-state index contributed by atoms with van der Waals surface area (Å²) in [7, 11) is 0. The predicted molar refractivity (Wildman–Crippen MR) is 116 cm³/mol. The Morgan fingerprint density at radius 1 is 1.25 bits per heavy atom. The maximum atomic E-state index is 14.1. The lowest BCUT2D eigenvalue weighted by molar-refractivity contribution is -0.191. The zero-order valence-electron chi connectivity index (χ0n) is 19.5. The quantitative estimate of drug-likeness (QED) is 0.294. The van der Waals surface area contributed by atoms with E-state index in [0.29, 0.717) is 11.1 Å². The Hall–Kier alpha value is -1.80. The van der Waals surface area contributed by atoms with E-state index in [1.165, 1.54) is 0 Å². The minimum absolute atomic E-state index is 0.159. The predicted octanol–water partition coefficient (Wildman–Crippen LogP) is 1.45. The van der Waals surface area contributed by atoms with Crippen molar-refractivity contribution in [2.24, 2.45) is 28.6 Å². The van der Waals surface area contributed by atoms with Crippen LogP contribution in [0, 0.1) is 28.6 Å². The fourth-order valence-electron chi connectivity index (χ4n) is 6.90. The first kappa shape index (κ1) is 23.4. The molecule has 7 heteroatoms. The summed E-state index contributed by atoms with van der Waals surface area (Å²) in [5.41, 5.74) is -4.50. The van der Waals surface area contributed by atoms with E-state index in [1.54, 1.807) is 45.9 Å². The number of esters is 1. The molecule has 0 amide bonds. The van der Waals surface area contributed by atoms with Gasteiger partial charge in [-0.25, -0.2) is 4.79 Å². The zero-order valence-corrected chi connectivity index (χ0v) is 19.5. The number of aliphatic hydroxyl groups is 4. The number of rotatable bonds is 3. The minimum atomic E-state index is -2.23. The van der Waals surface area contributed by atoms with Crippen molar-refractivity contribution in [3.05, 3.63) is 34.9 Å². The van der Waals surface area contributed by atoms with Gasteiger partial charge in [-0.15, -0.1) is 0 Å². The van der Waals surface area contributed by atoms with Crippen molar-refractivity contribution in [2.75, 3.05) is 6.61 Å². The van der Waals surface area contributed by atoms with Gasteiger partial charge in [-0.05, 0) is 44.3 Å². The van der Waals surface area contributed by atoms with Crippen LogP contribution in [0.3, 0.4) is 0 Å². The summed E-state index contributed by atoms with van der Waals surface area (Å²) < 4.78 is 5.36. The molecule has 7 nitrogen and oxygen atoms in total. The van der Waals surface area contributed by atoms with E-state index in [2.05, 4.69) is 0 Å². The minimum Gasteiger partial charge on any atom is -0.458 e. The van der Waals surface area contributed by atoms with Gasteiger partial charge in [-0.2, -0.15) is 0 Å². The maximum Gasteiger partial charge on any atom is 0.333 e. The van der Waals surface area contributed by atoms with E-state index in [0.717, 1.165) is 0 Å². The van der Waals surface area contributed by atoms with E-state index in [-0.39, 0.29) is 24.4 Å². The monoisotopic (exact) mass is 446 g/mol. The Bertz CT molecular complexity index is 975. The molecule has 4 unspecified atom stereocenters. The lowest BCUT2D eigenvalue weighted by Crippen LogP contribution is -2.65. The Morgan fingerprint density at radius 3 is 2.47 bits per heavy atom. The largest absolute Gasteiger partial charge is 0.458 e. The van der Waals surface area contributed by atoms with Crippen molar-refractivity contribution in [2.45, 2.75) is 71.4 Å². The maximum absolute atomic E-state index is 14.1. The zero-order chi connectivity index (χ0) is 24.0. The van der Waals surface area contributed by atoms with Crippen LogP contribution in [0.2, 0.25) is 0 Å². The highest BCUT2D eigenvalue weighted by Crippen LogP contribution is 2.73. The number of hydrogen-bond acceptors (Lipinski definition) is 7. The van der Waals surface area contributed by atoms with Gasteiger partial charge in [0, 0.05) is 22.8 Å². The lowest BCUT2D eigenvalue weighted by atomic mass is 9.59. The number of fused-ring (bicyclic) bond motifs is 3. The summed E-state index contributed by atoms with van der Waals surface area (Å²) in [5.74, 6) is -2.64. The summed E-state index contributed by atoms with van der Waals surface area (Å²) >= 11 is 0. The molecule has 0 aromatic carbocycles. The third-order valence-corrected chi connectivity index (χ3v) is 9.04. The van der Waals surface area contributed by atoms with Crippen molar-refractivity contribution < 1.29 is 34.8 Å². The summed E-state index contributed by atoms with van der Waals surface area (Å²) in [5, 5.41) is 45.8. The molecule has 4 aliphatic rings. The molecule has 0 radical (unpaired) electrons. The molecule has 0 aliphatic heterocycles. The summed E-state index contributed by atoms with van der Waals surface area (Å²) in [6.07, 6.45) is 1.91. The third kappa shape index (κ3) is 2.51. The Morgan fingerprint density at radius 2 is 1.88 bits per heavy atom. The van der Waals surface area contributed by atoms with Gasteiger partial charge in [0.15, 0.2) is 5.78 Å². The van der Waals surface area contributed by atoms with Gasteiger partial charge in [0.2, 0.25) is 0 Å². The van der Waals surface area contributed by atoms with Gasteiger partial charge >= 0.3 is 5.97 Å². The molecule has 4 N–H and O–H groups in total. The van der Waals surface area contributed by atoms with Gasteiger partial charge in [0.1, 0.15) is 24.4 Å². The first-order chi connectivity index (χ1) is 14.7. The number of aliphatic hydroxyl groups excluding tert-OH is 2. The third-order valence-electron chi connectivity index (χ3n) is 9.04. The summed E-state index contributed by atoms with van der Waals surface area (Å²) in [6, 6.07) is 0. The van der Waals surface area contributed by atoms with E-state index in [9.17, 15) is 30.0 Å². The van der Waals surface area contributed by atoms with Gasteiger partial charge in [-0.3, -0.25) is 4.79 Å². The normalized spacial score (nSPS) is 46.9. The molecule has 176 valence electrons. The smallest absolute Gasteiger partial charge is 0.333 e. The molecule has 32 heavy (non-hydrogen) atoms. The molecule has 0 aromatic heterocycles.